The van der Waals surface area contributed by atoms with Crippen LogP contribution in [0.25, 0.3) is 5.69 Å². The Labute approximate surface area is 161 Å². The summed E-state index contributed by atoms with van der Waals surface area (Å²) in [6.45, 7) is 7.62. The Bertz CT molecular complexity index is 788. The second-order valence-corrected chi connectivity index (χ2v) is 7.46. The van der Waals surface area contributed by atoms with E-state index in [9.17, 15) is 9.59 Å². The summed E-state index contributed by atoms with van der Waals surface area (Å²) in [6.07, 6.45) is 0. The van der Waals surface area contributed by atoms with Gasteiger partial charge in [0.1, 0.15) is 11.4 Å². The van der Waals surface area contributed by atoms with E-state index in [1.165, 1.54) is 4.68 Å². The molecule has 0 aliphatic rings. The maximum absolute atomic E-state index is 11.9. The molecule has 1 amide bonds. The van der Waals surface area contributed by atoms with E-state index in [0.717, 1.165) is 11.8 Å². The number of rotatable bonds is 8. The van der Waals surface area contributed by atoms with Gasteiger partial charge in [-0.2, -0.15) is 4.68 Å². The maximum Gasteiger partial charge on any atom is 0.316 e. The van der Waals surface area contributed by atoms with Crippen molar-refractivity contribution in [2.75, 3.05) is 19.0 Å². The Kier molecular flexibility index (Phi) is 7.17. The molecule has 0 bridgehead atoms. The van der Waals surface area contributed by atoms with Crippen molar-refractivity contribution in [1.29, 1.82) is 0 Å². The van der Waals surface area contributed by atoms with Crippen molar-refractivity contribution in [3.63, 3.8) is 0 Å². The number of carbonyl (C=O) groups excluding carboxylic acids is 2. The molecule has 0 saturated carbocycles. The van der Waals surface area contributed by atoms with Gasteiger partial charge in [0, 0.05) is 5.54 Å². The van der Waals surface area contributed by atoms with E-state index in [0.29, 0.717) is 23.2 Å². The van der Waals surface area contributed by atoms with E-state index in [4.69, 9.17) is 9.47 Å². The number of thioether (sulfide) groups is 1. The molecule has 2 aromatic rings. The second-order valence-electron chi connectivity index (χ2n) is 6.52. The van der Waals surface area contributed by atoms with Crippen molar-refractivity contribution in [3.05, 3.63) is 24.3 Å². The van der Waals surface area contributed by atoms with Crippen molar-refractivity contribution in [2.24, 2.45) is 0 Å². The Hall–Kier alpha value is -2.62. The van der Waals surface area contributed by atoms with Gasteiger partial charge in [0.05, 0.1) is 12.4 Å². The van der Waals surface area contributed by atoms with Gasteiger partial charge in [-0.25, -0.2) is 0 Å². The first-order chi connectivity index (χ1) is 12.8. The van der Waals surface area contributed by atoms with Gasteiger partial charge in [0.25, 0.3) is 5.91 Å². The third-order valence-corrected chi connectivity index (χ3v) is 3.92. The quantitative estimate of drug-likeness (QED) is 0.532. The molecule has 27 heavy (non-hydrogen) atoms. The van der Waals surface area contributed by atoms with Crippen LogP contribution in [0.2, 0.25) is 0 Å². The van der Waals surface area contributed by atoms with Crippen LogP contribution in [-0.4, -0.2) is 56.6 Å². The standard InChI is InChI=1S/C17H23N5O4S/c1-5-25-13-9-7-6-8-12(13)22-16(19-20-21-22)27-11-15(24)26-10-14(23)18-17(2,3)4/h6-9H,5,10-11H2,1-4H3,(H,18,23). The Morgan fingerprint density at radius 2 is 2.00 bits per heavy atom. The lowest BCUT2D eigenvalue weighted by atomic mass is 10.1. The summed E-state index contributed by atoms with van der Waals surface area (Å²) >= 11 is 1.11. The second kappa shape index (κ2) is 9.36. The van der Waals surface area contributed by atoms with Crippen LogP contribution in [0.15, 0.2) is 29.4 Å². The van der Waals surface area contributed by atoms with Crippen LogP contribution in [0.1, 0.15) is 27.7 Å². The first-order valence-corrected chi connectivity index (χ1v) is 9.38. The fourth-order valence-electron chi connectivity index (χ4n) is 2.10. The largest absolute Gasteiger partial charge is 0.492 e. The van der Waals surface area contributed by atoms with E-state index < -0.39 is 5.97 Å². The Morgan fingerprint density at radius 3 is 2.70 bits per heavy atom. The molecule has 2 rings (SSSR count). The molecular formula is C17H23N5O4S. The Balaban J connectivity index is 1.94. The lowest BCUT2D eigenvalue weighted by Gasteiger charge is -2.20. The molecule has 0 aliphatic carbocycles. The summed E-state index contributed by atoms with van der Waals surface area (Å²) in [5.74, 6) is -0.274. The van der Waals surface area contributed by atoms with Gasteiger partial charge in [-0.15, -0.1) is 5.10 Å². The predicted octanol–water partition coefficient (Wildman–Crippen LogP) is 1.61. The van der Waals surface area contributed by atoms with Gasteiger partial charge in [-0.3, -0.25) is 9.59 Å². The normalized spacial score (nSPS) is 11.1. The van der Waals surface area contributed by atoms with Crippen LogP contribution in [-0.2, 0) is 14.3 Å². The zero-order chi connectivity index (χ0) is 19.9. The molecule has 146 valence electrons. The van der Waals surface area contributed by atoms with Crippen molar-refractivity contribution >= 4 is 23.6 Å². The van der Waals surface area contributed by atoms with Gasteiger partial charge in [0.2, 0.25) is 5.16 Å². The molecule has 0 fully saturated rings. The summed E-state index contributed by atoms with van der Waals surface area (Å²) in [6, 6.07) is 7.33. The maximum atomic E-state index is 11.9. The van der Waals surface area contributed by atoms with Crippen molar-refractivity contribution in [3.8, 4) is 11.4 Å². The number of nitrogens with one attached hydrogen (secondary N) is 1. The highest BCUT2D eigenvalue weighted by molar-refractivity contribution is 7.99. The third kappa shape index (κ3) is 6.55. The number of ether oxygens (including phenoxy) is 2. The van der Waals surface area contributed by atoms with Crippen molar-refractivity contribution in [1.82, 2.24) is 25.5 Å². The molecule has 1 heterocycles. The van der Waals surface area contributed by atoms with Gasteiger partial charge in [-0.05, 0) is 50.3 Å². The number of esters is 1. The van der Waals surface area contributed by atoms with E-state index >= 15 is 0 Å². The Morgan fingerprint density at radius 1 is 1.26 bits per heavy atom. The van der Waals surface area contributed by atoms with Crippen LogP contribution < -0.4 is 10.1 Å². The fourth-order valence-corrected chi connectivity index (χ4v) is 2.78. The first-order valence-electron chi connectivity index (χ1n) is 8.40. The van der Waals surface area contributed by atoms with E-state index in [1.54, 1.807) is 0 Å². The molecule has 0 aliphatic heterocycles. The summed E-state index contributed by atoms with van der Waals surface area (Å²) in [5.41, 5.74) is 0.290. The van der Waals surface area contributed by atoms with E-state index in [-0.39, 0.29) is 23.8 Å². The molecule has 0 spiro atoms. The smallest absolute Gasteiger partial charge is 0.316 e. The minimum atomic E-state index is -0.531. The van der Waals surface area contributed by atoms with E-state index in [1.807, 2.05) is 52.0 Å². The number of para-hydroxylation sites is 2. The molecule has 0 radical (unpaired) electrons. The van der Waals surface area contributed by atoms with Gasteiger partial charge >= 0.3 is 5.97 Å². The first kappa shape index (κ1) is 20.7. The molecule has 9 nitrogen and oxygen atoms in total. The monoisotopic (exact) mass is 393 g/mol. The fraction of sp³-hybridized carbons (Fsp3) is 0.471. The molecule has 0 atom stereocenters. The van der Waals surface area contributed by atoms with Gasteiger partial charge in [0.15, 0.2) is 6.61 Å². The average Bonchev–Trinajstić information content (AvgIpc) is 3.06. The molecule has 1 aromatic heterocycles. The molecule has 0 saturated heterocycles. The average molecular weight is 393 g/mol. The highest BCUT2D eigenvalue weighted by Crippen LogP contribution is 2.25. The predicted molar refractivity (Wildman–Crippen MR) is 99.9 cm³/mol. The number of hydrogen-bond donors (Lipinski definition) is 1. The summed E-state index contributed by atoms with van der Waals surface area (Å²) in [4.78, 5) is 23.6. The lowest BCUT2D eigenvalue weighted by Crippen LogP contribution is -2.42. The SMILES string of the molecule is CCOc1ccccc1-n1nnnc1SCC(=O)OCC(=O)NC(C)(C)C. The third-order valence-electron chi connectivity index (χ3n) is 3.03. The van der Waals surface area contributed by atoms with Crippen LogP contribution in [0.3, 0.4) is 0 Å². The van der Waals surface area contributed by atoms with Gasteiger partial charge < -0.3 is 14.8 Å². The van der Waals surface area contributed by atoms with Crippen molar-refractivity contribution < 1.29 is 19.1 Å². The number of amides is 1. The van der Waals surface area contributed by atoms with Crippen LogP contribution in [0.5, 0.6) is 5.75 Å². The number of carbonyl (C=O) groups is 2. The molecule has 10 heteroatoms. The highest BCUT2D eigenvalue weighted by atomic mass is 32.2. The van der Waals surface area contributed by atoms with Crippen LogP contribution in [0, 0.1) is 0 Å². The number of tetrazole rings is 1. The van der Waals surface area contributed by atoms with Crippen molar-refractivity contribution in [2.45, 2.75) is 38.4 Å². The summed E-state index contributed by atoms with van der Waals surface area (Å²) in [7, 11) is 0. The van der Waals surface area contributed by atoms with Crippen LogP contribution >= 0.6 is 11.8 Å². The zero-order valence-electron chi connectivity index (χ0n) is 15.8. The molecule has 0 unspecified atom stereocenters. The summed E-state index contributed by atoms with van der Waals surface area (Å²) in [5, 5.41) is 14.7. The topological polar surface area (TPSA) is 108 Å². The van der Waals surface area contributed by atoms with E-state index in [2.05, 4.69) is 20.8 Å². The highest BCUT2D eigenvalue weighted by Gasteiger charge is 2.17. The summed E-state index contributed by atoms with van der Waals surface area (Å²) < 4.78 is 12.1. The minimum absolute atomic E-state index is 0.0278. The number of aromatic nitrogens is 4. The number of benzene rings is 1. The molecule has 1 aromatic carbocycles. The van der Waals surface area contributed by atoms with Gasteiger partial charge in [-0.1, -0.05) is 23.9 Å². The van der Waals surface area contributed by atoms with Crippen LogP contribution in [0.4, 0.5) is 0 Å². The number of hydrogen-bond acceptors (Lipinski definition) is 8. The molecular weight excluding hydrogens is 370 g/mol. The minimum Gasteiger partial charge on any atom is -0.492 e. The zero-order valence-corrected chi connectivity index (χ0v) is 16.6. The lowest BCUT2D eigenvalue weighted by molar-refractivity contribution is -0.146. The number of nitrogens with zero attached hydrogens (tertiary/aromatic N) is 4. The molecule has 1 N–H and O–H groups in total.